The van der Waals surface area contributed by atoms with E-state index in [0.717, 1.165) is 77.0 Å². The Kier molecular flexibility index (Phi) is 39.0. The normalized spacial score (nSPS) is 19.9. The summed E-state index contributed by atoms with van der Waals surface area (Å²) in [7, 11) is -4.61. The van der Waals surface area contributed by atoms with Crippen molar-refractivity contribution in [2.45, 2.75) is 250 Å². The largest absolute Gasteiger partial charge is 0.462 e. The van der Waals surface area contributed by atoms with Gasteiger partial charge in [0.1, 0.15) is 36.8 Å². The van der Waals surface area contributed by atoms with Crippen LogP contribution in [-0.2, 0) is 38.7 Å². The van der Waals surface area contributed by atoms with Crippen molar-refractivity contribution in [2.75, 3.05) is 19.0 Å². The maximum atomic E-state index is 12.9. The smallest absolute Gasteiger partial charge is 0.306 e. The Balaban J connectivity index is 2.36. The molecule has 6 unspecified atom stereocenters. The number of carbonyl (C=O) groups excluding carboxylic acids is 2. The monoisotopic (exact) mass is 941 g/mol. The predicted octanol–water partition coefficient (Wildman–Crippen LogP) is 11.5. The quantitative estimate of drug-likeness (QED) is 0.0196. The molecular weight excluding hydrogens is 849 g/mol. The molecule has 1 saturated heterocycles. The van der Waals surface area contributed by atoms with Crippen LogP contribution in [0.5, 0.6) is 0 Å². The summed E-state index contributed by atoms with van der Waals surface area (Å²) in [6, 6.07) is 0. The van der Waals surface area contributed by atoms with Gasteiger partial charge in [0.05, 0.1) is 6.61 Å². The first-order valence-electron chi connectivity index (χ1n) is 25.7. The number of aliphatic hydroxyl groups is 3. The van der Waals surface area contributed by atoms with E-state index in [1.165, 1.54) is 96.3 Å². The molecule has 1 rings (SSSR count). The van der Waals surface area contributed by atoms with Crippen molar-refractivity contribution in [3.63, 3.8) is 0 Å². The highest BCUT2D eigenvalue weighted by atomic mass is 32.2. The van der Waals surface area contributed by atoms with Gasteiger partial charge in [-0.15, -0.1) is 0 Å². The molecule has 0 radical (unpaired) electrons. The molecule has 65 heavy (non-hydrogen) atoms. The van der Waals surface area contributed by atoms with E-state index in [1.807, 2.05) is 0 Å². The van der Waals surface area contributed by atoms with Crippen LogP contribution in [0.15, 0.2) is 48.6 Å². The fraction of sp³-hybridized carbons (Fsp3) is 0.808. The SMILES string of the molecule is CCCC/C=C\C/C=C\CCCCCCCC(=O)OCC(COC1OC(CS(=O)(=O)O)C(O)C(O)C1O)OC(=O)CCCCCCCCCCCCC/C=C\C/C=C\CCCCCCC. The first-order valence-corrected chi connectivity index (χ1v) is 27.3. The fourth-order valence-corrected chi connectivity index (χ4v) is 8.30. The van der Waals surface area contributed by atoms with E-state index in [4.69, 9.17) is 18.9 Å². The fourth-order valence-electron chi connectivity index (χ4n) is 7.61. The van der Waals surface area contributed by atoms with Gasteiger partial charge < -0.3 is 34.3 Å². The molecule has 13 heteroatoms. The molecule has 0 aliphatic carbocycles. The summed E-state index contributed by atoms with van der Waals surface area (Å²) in [5.41, 5.74) is 0. The summed E-state index contributed by atoms with van der Waals surface area (Å²) in [6.07, 6.45) is 41.5. The lowest BCUT2D eigenvalue weighted by Crippen LogP contribution is -2.60. The van der Waals surface area contributed by atoms with Crippen molar-refractivity contribution in [3.8, 4) is 0 Å². The van der Waals surface area contributed by atoms with Crippen LogP contribution >= 0.6 is 0 Å². The molecule has 0 aromatic rings. The Morgan fingerprint density at radius 1 is 0.523 bits per heavy atom. The first-order chi connectivity index (χ1) is 31.5. The Morgan fingerprint density at radius 2 is 0.938 bits per heavy atom. The zero-order valence-electron chi connectivity index (χ0n) is 40.6. The third-order valence-electron chi connectivity index (χ3n) is 11.6. The molecule has 6 atom stereocenters. The number of ether oxygens (including phenoxy) is 4. The lowest BCUT2D eigenvalue weighted by molar-refractivity contribution is -0.297. The maximum Gasteiger partial charge on any atom is 0.306 e. The van der Waals surface area contributed by atoms with Crippen molar-refractivity contribution in [1.29, 1.82) is 0 Å². The van der Waals surface area contributed by atoms with Gasteiger partial charge in [-0.3, -0.25) is 14.1 Å². The van der Waals surface area contributed by atoms with Crippen LogP contribution in [0.25, 0.3) is 0 Å². The van der Waals surface area contributed by atoms with Crippen LogP contribution in [0, 0.1) is 0 Å². The Morgan fingerprint density at radius 3 is 1.40 bits per heavy atom. The Bertz CT molecular complexity index is 1380. The molecule has 0 amide bonds. The Hall–Kier alpha value is -2.39. The second-order valence-electron chi connectivity index (χ2n) is 17.8. The van der Waals surface area contributed by atoms with Gasteiger partial charge in [-0.1, -0.05) is 178 Å². The summed E-state index contributed by atoms with van der Waals surface area (Å²) in [5.74, 6) is -2.00. The maximum absolute atomic E-state index is 12.9. The zero-order valence-corrected chi connectivity index (χ0v) is 41.4. The van der Waals surface area contributed by atoms with Gasteiger partial charge in [-0.2, -0.15) is 8.42 Å². The average Bonchev–Trinajstić information content (AvgIpc) is 3.27. The van der Waals surface area contributed by atoms with Gasteiger partial charge in [0.2, 0.25) is 0 Å². The molecule has 0 saturated carbocycles. The minimum absolute atomic E-state index is 0.158. The molecule has 0 spiro atoms. The third-order valence-corrected chi connectivity index (χ3v) is 12.4. The highest BCUT2D eigenvalue weighted by Crippen LogP contribution is 2.24. The minimum Gasteiger partial charge on any atom is -0.462 e. The number of esters is 2. The van der Waals surface area contributed by atoms with Gasteiger partial charge in [-0.25, -0.2) is 0 Å². The number of allylic oxidation sites excluding steroid dienone is 8. The van der Waals surface area contributed by atoms with Gasteiger partial charge >= 0.3 is 11.9 Å². The van der Waals surface area contributed by atoms with Gasteiger partial charge in [0.15, 0.2) is 12.4 Å². The molecule has 0 bridgehead atoms. The van der Waals surface area contributed by atoms with E-state index < -0.39 is 71.2 Å². The van der Waals surface area contributed by atoms with E-state index in [-0.39, 0.29) is 19.4 Å². The Labute approximate surface area is 394 Å². The third kappa shape index (κ3) is 36.3. The van der Waals surface area contributed by atoms with E-state index in [1.54, 1.807) is 0 Å². The van der Waals surface area contributed by atoms with Crippen LogP contribution in [0.2, 0.25) is 0 Å². The summed E-state index contributed by atoms with van der Waals surface area (Å²) in [5, 5.41) is 31.0. The molecule has 0 aromatic heterocycles. The molecule has 1 aliphatic heterocycles. The van der Waals surface area contributed by atoms with Crippen LogP contribution in [0.1, 0.15) is 213 Å². The number of hydrogen-bond acceptors (Lipinski definition) is 11. The highest BCUT2D eigenvalue weighted by molar-refractivity contribution is 7.85. The predicted molar refractivity (Wildman–Crippen MR) is 261 cm³/mol. The van der Waals surface area contributed by atoms with E-state index in [2.05, 4.69) is 62.5 Å². The number of unbranched alkanes of at least 4 members (excludes halogenated alkanes) is 23. The molecule has 1 heterocycles. The molecular formula is C52H92O12S. The number of carbonyl (C=O) groups is 2. The van der Waals surface area contributed by atoms with Crippen LogP contribution in [-0.4, -0.2) is 96.0 Å². The van der Waals surface area contributed by atoms with Crippen LogP contribution < -0.4 is 0 Å². The number of hydrogen-bond donors (Lipinski definition) is 4. The van der Waals surface area contributed by atoms with Crippen molar-refractivity contribution in [1.82, 2.24) is 0 Å². The molecule has 1 aliphatic rings. The standard InChI is InChI=1S/C52H92O12S/c1-3-5-7-9-11-13-15-17-19-20-21-22-23-24-25-26-27-29-31-33-35-37-39-41-48(54)63-45(43-62-52-51(57)50(56)49(55)46(64-52)44-65(58,59)60)42-61-47(53)40-38-36-34-32-30-28-18-16-14-12-10-8-6-4-2/h10,12,15-18,20-21,45-46,49-52,55-57H,3-9,11,13-14,19,22-44H2,1-2H3,(H,58,59,60)/b12-10-,17-15-,18-16-,21-20-. The van der Waals surface area contributed by atoms with Crippen molar-refractivity contribution < 1.29 is 56.8 Å². The van der Waals surface area contributed by atoms with Crippen molar-refractivity contribution in [3.05, 3.63) is 48.6 Å². The number of rotatable bonds is 43. The summed E-state index contributed by atoms with van der Waals surface area (Å²) < 4.78 is 54.2. The first kappa shape index (κ1) is 60.6. The van der Waals surface area contributed by atoms with Crippen molar-refractivity contribution >= 4 is 22.1 Å². The zero-order chi connectivity index (χ0) is 47.6. The second-order valence-corrected chi connectivity index (χ2v) is 19.3. The molecule has 1 fully saturated rings. The van der Waals surface area contributed by atoms with E-state index >= 15 is 0 Å². The van der Waals surface area contributed by atoms with E-state index in [9.17, 15) is 37.9 Å². The summed E-state index contributed by atoms with van der Waals surface area (Å²) in [6.45, 7) is 3.71. The van der Waals surface area contributed by atoms with Gasteiger partial charge in [0.25, 0.3) is 10.1 Å². The summed E-state index contributed by atoms with van der Waals surface area (Å²) >= 11 is 0. The molecule has 378 valence electrons. The molecule has 4 N–H and O–H groups in total. The van der Waals surface area contributed by atoms with Crippen LogP contribution in [0.4, 0.5) is 0 Å². The topological polar surface area (TPSA) is 186 Å². The lowest BCUT2D eigenvalue weighted by atomic mass is 10.00. The highest BCUT2D eigenvalue weighted by Gasteiger charge is 2.46. The van der Waals surface area contributed by atoms with Gasteiger partial charge in [-0.05, 0) is 70.6 Å². The van der Waals surface area contributed by atoms with E-state index in [0.29, 0.717) is 12.8 Å². The molecule has 12 nitrogen and oxygen atoms in total. The van der Waals surface area contributed by atoms with Gasteiger partial charge in [0, 0.05) is 12.8 Å². The second kappa shape index (κ2) is 41.8. The number of aliphatic hydroxyl groups excluding tert-OH is 3. The average molecular weight is 941 g/mol. The molecule has 0 aromatic carbocycles. The van der Waals surface area contributed by atoms with Crippen LogP contribution in [0.3, 0.4) is 0 Å². The van der Waals surface area contributed by atoms with Crippen molar-refractivity contribution in [2.24, 2.45) is 0 Å². The summed E-state index contributed by atoms with van der Waals surface area (Å²) in [4.78, 5) is 25.5. The lowest BCUT2D eigenvalue weighted by Gasteiger charge is -2.40. The minimum atomic E-state index is -4.61.